The Balaban J connectivity index is 1.74. The second-order valence-electron chi connectivity index (χ2n) is 8.73. The molecule has 2 saturated carbocycles. The van der Waals surface area contributed by atoms with E-state index in [1.165, 1.54) is 52.1 Å². The zero-order valence-corrected chi connectivity index (χ0v) is 16.6. The molecule has 0 aliphatic heterocycles. The van der Waals surface area contributed by atoms with Crippen LogP contribution in [-0.4, -0.2) is 7.11 Å². The monoisotopic (exact) mass is 364 g/mol. The molecule has 0 aromatic heterocycles. The van der Waals surface area contributed by atoms with Crippen molar-refractivity contribution in [3.63, 3.8) is 0 Å². The molecule has 26 heavy (non-hydrogen) atoms. The minimum absolute atomic E-state index is 0.00127. The van der Waals surface area contributed by atoms with Crippen molar-refractivity contribution >= 4 is 0 Å². The largest absolute Gasteiger partial charge is 0.494 e. The normalized spacial score (nSPS) is 32.4. The molecule has 3 atom stereocenters. The lowest BCUT2D eigenvalue weighted by Crippen LogP contribution is -2.32. The van der Waals surface area contributed by atoms with Crippen LogP contribution in [0.15, 0.2) is 12.1 Å². The number of methoxy groups -OCH3 is 1. The fourth-order valence-corrected chi connectivity index (χ4v) is 5.63. The molecule has 3 heteroatoms. The minimum atomic E-state index is -0.833. The van der Waals surface area contributed by atoms with Crippen molar-refractivity contribution in [2.45, 2.75) is 77.6 Å². The van der Waals surface area contributed by atoms with Gasteiger partial charge in [-0.15, -0.1) is 0 Å². The van der Waals surface area contributed by atoms with E-state index in [1.807, 2.05) is 0 Å². The fourth-order valence-electron chi connectivity index (χ4n) is 5.63. The van der Waals surface area contributed by atoms with Crippen LogP contribution in [-0.2, 0) is 0 Å². The molecular formula is C23H34F2O. The summed E-state index contributed by atoms with van der Waals surface area (Å²) < 4.78 is 33.7. The summed E-state index contributed by atoms with van der Waals surface area (Å²) in [4.78, 5) is 0. The van der Waals surface area contributed by atoms with Gasteiger partial charge in [-0.1, -0.05) is 45.6 Å². The van der Waals surface area contributed by atoms with Gasteiger partial charge >= 0.3 is 0 Å². The predicted molar refractivity (Wildman–Crippen MR) is 103 cm³/mol. The highest BCUT2D eigenvalue weighted by Crippen LogP contribution is 2.49. The lowest BCUT2D eigenvalue weighted by atomic mass is 9.62. The van der Waals surface area contributed by atoms with Crippen LogP contribution in [0.25, 0.3) is 0 Å². The number of halogens is 2. The van der Waals surface area contributed by atoms with Gasteiger partial charge in [0.1, 0.15) is 0 Å². The molecule has 0 bridgehead atoms. The van der Waals surface area contributed by atoms with E-state index >= 15 is 0 Å². The molecular weight excluding hydrogens is 330 g/mol. The molecule has 1 aromatic carbocycles. The van der Waals surface area contributed by atoms with Crippen LogP contribution in [0, 0.1) is 35.3 Å². The number of rotatable bonds is 5. The third kappa shape index (κ3) is 4.07. The number of hydrogen-bond acceptors (Lipinski definition) is 1. The highest BCUT2D eigenvalue weighted by Gasteiger charge is 2.37. The molecule has 1 nitrogen and oxygen atoms in total. The van der Waals surface area contributed by atoms with E-state index in [0.717, 1.165) is 30.6 Å². The average Bonchev–Trinajstić information content (AvgIpc) is 2.65. The maximum atomic E-state index is 14.6. The molecule has 2 aliphatic rings. The summed E-state index contributed by atoms with van der Waals surface area (Å²) >= 11 is 0. The van der Waals surface area contributed by atoms with Crippen molar-refractivity contribution in [1.29, 1.82) is 0 Å². The van der Waals surface area contributed by atoms with Crippen molar-refractivity contribution in [2.24, 2.45) is 23.7 Å². The van der Waals surface area contributed by atoms with Gasteiger partial charge in [-0.05, 0) is 73.3 Å². The molecule has 3 unspecified atom stereocenters. The third-order valence-electron chi connectivity index (χ3n) is 7.10. The predicted octanol–water partition coefficient (Wildman–Crippen LogP) is 7.10. The molecule has 1 aromatic rings. The minimum Gasteiger partial charge on any atom is -0.494 e. The number of ether oxygens (including phenoxy) is 1. The second kappa shape index (κ2) is 8.71. The van der Waals surface area contributed by atoms with Crippen molar-refractivity contribution in [1.82, 2.24) is 0 Å². The molecule has 0 amide bonds. The van der Waals surface area contributed by atoms with Crippen molar-refractivity contribution in [2.75, 3.05) is 7.11 Å². The van der Waals surface area contributed by atoms with E-state index in [4.69, 9.17) is 4.74 Å². The molecule has 0 spiro atoms. The summed E-state index contributed by atoms with van der Waals surface area (Å²) in [5.41, 5.74) is 0.556. The molecule has 0 saturated heterocycles. The van der Waals surface area contributed by atoms with Gasteiger partial charge in [-0.2, -0.15) is 4.39 Å². The average molecular weight is 365 g/mol. The molecule has 2 aliphatic carbocycles. The quantitative estimate of drug-likeness (QED) is 0.541. The van der Waals surface area contributed by atoms with Crippen molar-refractivity contribution in [3.05, 3.63) is 29.3 Å². The summed E-state index contributed by atoms with van der Waals surface area (Å²) in [6, 6.07) is 3.32. The zero-order chi connectivity index (χ0) is 18.7. The first-order valence-corrected chi connectivity index (χ1v) is 10.6. The van der Waals surface area contributed by atoms with Gasteiger partial charge < -0.3 is 4.74 Å². The maximum absolute atomic E-state index is 14.6. The highest BCUT2D eigenvalue weighted by molar-refractivity contribution is 5.33. The van der Waals surface area contributed by atoms with Crippen molar-refractivity contribution < 1.29 is 13.5 Å². The maximum Gasteiger partial charge on any atom is 0.200 e. The van der Waals surface area contributed by atoms with Crippen LogP contribution >= 0.6 is 0 Å². The summed E-state index contributed by atoms with van der Waals surface area (Å²) in [5.74, 6) is 1.78. The topological polar surface area (TPSA) is 9.23 Å². The van der Waals surface area contributed by atoms with Gasteiger partial charge in [0.25, 0.3) is 0 Å². The first-order chi connectivity index (χ1) is 12.5. The molecule has 0 heterocycles. The summed E-state index contributed by atoms with van der Waals surface area (Å²) in [6.45, 7) is 4.62. The first kappa shape index (κ1) is 19.6. The van der Waals surface area contributed by atoms with E-state index in [2.05, 4.69) is 13.8 Å². The Morgan fingerprint density at radius 1 is 1.00 bits per heavy atom. The summed E-state index contributed by atoms with van der Waals surface area (Å²) in [7, 11) is 1.38. The number of hydrogen-bond donors (Lipinski definition) is 0. The lowest BCUT2D eigenvalue weighted by Gasteiger charge is -2.43. The van der Waals surface area contributed by atoms with Crippen LogP contribution in [0.4, 0.5) is 8.78 Å². The highest BCUT2D eigenvalue weighted by atomic mass is 19.2. The second-order valence-corrected chi connectivity index (χ2v) is 8.73. The van der Waals surface area contributed by atoms with Gasteiger partial charge in [-0.25, -0.2) is 4.39 Å². The van der Waals surface area contributed by atoms with Crippen LogP contribution < -0.4 is 4.74 Å². The SMILES string of the molecule is CCCC1CC(c2ccc(OC)c(F)c2F)CCC1C1CCC(C)CC1. The smallest absolute Gasteiger partial charge is 0.200 e. The Bertz CT molecular complexity index is 592. The van der Waals surface area contributed by atoms with Crippen molar-refractivity contribution in [3.8, 4) is 5.75 Å². The van der Waals surface area contributed by atoms with Gasteiger partial charge in [0.15, 0.2) is 11.6 Å². The zero-order valence-electron chi connectivity index (χ0n) is 16.6. The summed E-state index contributed by atoms with van der Waals surface area (Å²) in [5, 5.41) is 0. The number of benzene rings is 1. The van der Waals surface area contributed by atoms with Gasteiger partial charge in [0, 0.05) is 0 Å². The molecule has 0 N–H and O–H groups in total. The van der Waals surface area contributed by atoms with E-state index in [0.29, 0.717) is 11.5 Å². The lowest BCUT2D eigenvalue weighted by molar-refractivity contribution is 0.0992. The van der Waals surface area contributed by atoms with Crippen LogP contribution in [0.1, 0.15) is 83.1 Å². The molecule has 146 valence electrons. The van der Waals surface area contributed by atoms with Crippen LogP contribution in [0.3, 0.4) is 0 Å². The fraction of sp³-hybridized carbons (Fsp3) is 0.739. The molecule has 3 rings (SSSR count). The Morgan fingerprint density at radius 3 is 2.38 bits per heavy atom. The third-order valence-corrected chi connectivity index (χ3v) is 7.10. The molecule has 2 fully saturated rings. The van der Waals surface area contributed by atoms with E-state index in [-0.39, 0.29) is 11.7 Å². The molecule has 0 radical (unpaired) electrons. The summed E-state index contributed by atoms with van der Waals surface area (Å²) in [6.07, 6.45) is 11.0. The van der Waals surface area contributed by atoms with Gasteiger partial charge in [0.2, 0.25) is 5.82 Å². The van der Waals surface area contributed by atoms with Crippen LogP contribution in [0.2, 0.25) is 0 Å². The van der Waals surface area contributed by atoms with E-state index < -0.39 is 11.6 Å². The van der Waals surface area contributed by atoms with E-state index in [1.54, 1.807) is 12.1 Å². The van der Waals surface area contributed by atoms with Crippen LogP contribution in [0.5, 0.6) is 5.75 Å². The van der Waals surface area contributed by atoms with Gasteiger partial charge in [-0.3, -0.25) is 0 Å². The Hall–Kier alpha value is -1.12. The van der Waals surface area contributed by atoms with E-state index in [9.17, 15) is 8.78 Å². The Labute approximate surface area is 157 Å². The Morgan fingerprint density at radius 2 is 1.73 bits per heavy atom. The first-order valence-electron chi connectivity index (χ1n) is 10.6. The van der Waals surface area contributed by atoms with Gasteiger partial charge in [0.05, 0.1) is 7.11 Å². The standard InChI is InChI=1S/C23H34F2O/c1-4-5-17-14-18(20-12-13-21(26-3)23(25)22(20)24)10-11-19(17)16-8-6-15(2)7-9-16/h12-13,15-19H,4-11,14H2,1-3H3. The Kier molecular flexibility index (Phi) is 6.58.